The Morgan fingerprint density at radius 1 is 1.17 bits per heavy atom. The highest BCUT2D eigenvalue weighted by Crippen LogP contribution is 2.28. The fourth-order valence-corrected chi connectivity index (χ4v) is 1.65. The van der Waals surface area contributed by atoms with Gasteiger partial charge in [0.15, 0.2) is 0 Å². The van der Waals surface area contributed by atoms with Gasteiger partial charge in [-0.2, -0.15) is 0 Å². The highest BCUT2D eigenvalue weighted by atomic mass is 16.2. The maximum atomic E-state index is 12.2. The predicted molar refractivity (Wildman–Crippen MR) is 78.4 cm³/mol. The van der Waals surface area contributed by atoms with Gasteiger partial charge in [0.2, 0.25) is 5.91 Å². The molecule has 1 amide bonds. The molecule has 108 valence electrons. The van der Waals surface area contributed by atoms with Gasteiger partial charge in [0.05, 0.1) is 5.41 Å². The highest BCUT2D eigenvalue weighted by molar-refractivity contribution is 5.83. The normalized spacial score (nSPS) is 14.4. The van der Waals surface area contributed by atoms with Gasteiger partial charge in [0.25, 0.3) is 0 Å². The van der Waals surface area contributed by atoms with E-state index >= 15 is 0 Å². The van der Waals surface area contributed by atoms with E-state index in [0.29, 0.717) is 0 Å². The number of hydrogen-bond donors (Lipinski definition) is 2. The molecule has 0 aliphatic heterocycles. The third-order valence-electron chi connectivity index (χ3n) is 4.05. The molecule has 0 aromatic carbocycles. The van der Waals surface area contributed by atoms with Gasteiger partial charge in [-0.1, -0.05) is 32.6 Å². The summed E-state index contributed by atoms with van der Waals surface area (Å²) >= 11 is 0. The minimum absolute atomic E-state index is 0.0537. The van der Waals surface area contributed by atoms with E-state index in [0.717, 1.165) is 6.42 Å². The Hall–Kier alpha value is -0.570. The summed E-state index contributed by atoms with van der Waals surface area (Å²) in [7, 11) is 0. The lowest BCUT2D eigenvalue weighted by Gasteiger charge is -2.37. The van der Waals surface area contributed by atoms with Gasteiger partial charge >= 0.3 is 0 Å². The van der Waals surface area contributed by atoms with Crippen molar-refractivity contribution in [1.82, 2.24) is 5.32 Å². The van der Waals surface area contributed by atoms with Crippen LogP contribution >= 0.6 is 0 Å². The van der Waals surface area contributed by atoms with Crippen LogP contribution in [0.2, 0.25) is 0 Å². The molecule has 0 spiro atoms. The van der Waals surface area contributed by atoms with E-state index in [1.54, 1.807) is 0 Å². The van der Waals surface area contributed by atoms with E-state index in [4.69, 9.17) is 5.73 Å². The fraction of sp³-hybridized carbons (Fsp3) is 0.933. The summed E-state index contributed by atoms with van der Waals surface area (Å²) in [5, 5.41) is 3.08. The van der Waals surface area contributed by atoms with Crippen LogP contribution in [-0.2, 0) is 4.79 Å². The zero-order chi connectivity index (χ0) is 14.4. The largest absolute Gasteiger partial charge is 0.353 e. The van der Waals surface area contributed by atoms with Crippen LogP contribution < -0.4 is 11.1 Å². The molecule has 0 fully saturated rings. The number of nitrogens with two attached hydrogens (primary N) is 1. The summed E-state index contributed by atoms with van der Waals surface area (Å²) in [4.78, 5) is 12.2. The first kappa shape index (κ1) is 17.4. The van der Waals surface area contributed by atoms with Crippen molar-refractivity contribution in [1.29, 1.82) is 0 Å². The molecule has 0 rings (SSSR count). The standard InChI is InChI=1S/C15H32N2O/c1-7-8-9-10-11-12(2)17-13(18)14(3,4)15(5,6)16/h12H,7-11,16H2,1-6H3,(H,17,18). The molecule has 1 unspecified atom stereocenters. The third-order valence-corrected chi connectivity index (χ3v) is 4.05. The van der Waals surface area contributed by atoms with Crippen LogP contribution in [0.4, 0.5) is 0 Å². The monoisotopic (exact) mass is 256 g/mol. The van der Waals surface area contributed by atoms with Crippen molar-refractivity contribution in [2.45, 2.75) is 85.2 Å². The van der Waals surface area contributed by atoms with Crippen LogP contribution in [-0.4, -0.2) is 17.5 Å². The molecular formula is C15H32N2O. The summed E-state index contributed by atoms with van der Waals surface area (Å²) in [6.07, 6.45) is 6.01. The second kappa shape index (κ2) is 7.13. The predicted octanol–water partition coefficient (Wildman–Crippen LogP) is 3.23. The summed E-state index contributed by atoms with van der Waals surface area (Å²) in [5.41, 5.74) is 5.00. The Kier molecular flexibility index (Phi) is 6.90. The lowest BCUT2D eigenvalue weighted by molar-refractivity contribution is -0.132. The zero-order valence-electron chi connectivity index (χ0n) is 13.1. The van der Waals surface area contributed by atoms with Gasteiger partial charge in [-0.25, -0.2) is 0 Å². The van der Waals surface area contributed by atoms with E-state index in [2.05, 4.69) is 19.2 Å². The van der Waals surface area contributed by atoms with Crippen LogP contribution in [0.15, 0.2) is 0 Å². The van der Waals surface area contributed by atoms with Crippen molar-refractivity contribution in [3.8, 4) is 0 Å². The average Bonchev–Trinajstić information content (AvgIpc) is 2.22. The topological polar surface area (TPSA) is 55.1 Å². The number of hydrogen-bond acceptors (Lipinski definition) is 2. The van der Waals surface area contributed by atoms with Gasteiger partial charge < -0.3 is 11.1 Å². The molecule has 0 aliphatic carbocycles. The van der Waals surface area contributed by atoms with E-state index in [1.165, 1.54) is 25.7 Å². The molecule has 18 heavy (non-hydrogen) atoms. The zero-order valence-corrected chi connectivity index (χ0v) is 13.1. The van der Waals surface area contributed by atoms with Crippen LogP contribution in [0.5, 0.6) is 0 Å². The first-order valence-corrected chi connectivity index (χ1v) is 7.22. The third kappa shape index (κ3) is 5.38. The Morgan fingerprint density at radius 3 is 2.17 bits per heavy atom. The summed E-state index contributed by atoms with van der Waals surface area (Å²) in [6.45, 7) is 11.9. The maximum absolute atomic E-state index is 12.2. The van der Waals surface area contributed by atoms with Gasteiger partial charge in [0.1, 0.15) is 0 Å². The lowest BCUT2D eigenvalue weighted by atomic mass is 9.74. The molecule has 3 nitrogen and oxygen atoms in total. The van der Waals surface area contributed by atoms with Crippen molar-refractivity contribution < 1.29 is 4.79 Å². The molecule has 0 aromatic rings. The Labute approximate surface area is 113 Å². The lowest BCUT2D eigenvalue weighted by Crippen LogP contribution is -2.56. The molecule has 0 saturated heterocycles. The van der Waals surface area contributed by atoms with E-state index < -0.39 is 11.0 Å². The number of carbonyl (C=O) groups is 1. The van der Waals surface area contributed by atoms with E-state index in [1.807, 2.05) is 27.7 Å². The number of carbonyl (C=O) groups excluding carboxylic acids is 1. The molecule has 0 saturated carbocycles. The Bertz CT molecular complexity index is 254. The number of nitrogens with one attached hydrogen (secondary N) is 1. The molecular weight excluding hydrogens is 224 g/mol. The maximum Gasteiger partial charge on any atom is 0.227 e. The second-order valence-corrected chi connectivity index (χ2v) is 6.57. The van der Waals surface area contributed by atoms with Crippen molar-refractivity contribution in [3.63, 3.8) is 0 Å². The number of rotatable bonds is 8. The minimum Gasteiger partial charge on any atom is -0.353 e. The molecule has 0 bridgehead atoms. The summed E-state index contributed by atoms with van der Waals surface area (Å²) in [5.74, 6) is 0.0537. The molecule has 0 aromatic heterocycles. The SMILES string of the molecule is CCCCCCC(C)NC(=O)C(C)(C)C(C)(C)N. The number of amides is 1. The van der Waals surface area contributed by atoms with Gasteiger partial charge in [0, 0.05) is 11.6 Å². The summed E-state index contributed by atoms with van der Waals surface area (Å²) < 4.78 is 0. The van der Waals surface area contributed by atoms with Crippen molar-refractivity contribution in [2.75, 3.05) is 0 Å². The van der Waals surface area contributed by atoms with Crippen molar-refractivity contribution in [2.24, 2.45) is 11.1 Å². The molecule has 0 heterocycles. The van der Waals surface area contributed by atoms with Crippen molar-refractivity contribution >= 4 is 5.91 Å². The Morgan fingerprint density at radius 2 is 1.72 bits per heavy atom. The Balaban J connectivity index is 4.15. The first-order valence-electron chi connectivity index (χ1n) is 7.22. The van der Waals surface area contributed by atoms with Crippen LogP contribution in [0, 0.1) is 5.41 Å². The van der Waals surface area contributed by atoms with E-state index in [-0.39, 0.29) is 11.9 Å². The van der Waals surface area contributed by atoms with Crippen LogP contribution in [0.3, 0.4) is 0 Å². The average molecular weight is 256 g/mol. The minimum atomic E-state index is -0.551. The molecule has 3 N–H and O–H groups in total. The van der Waals surface area contributed by atoms with Crippen LogP contribution in [0.1, 0.15) is 73.6 Å². The van der Waals surface area contributed by atoms with Gasteiger partial charge in [-0.3, -0.25) is 4.79 Å². The van der Waals surface area contributed by atoms with Crippen molar-refractivity contribution in [3.05, 3.63) is 0 Å². The molecule has 0 aliphatic rings. The first-order chi connectivity index (χ1) is 8.13. The van der Waals surface area contributed by atoms with Crippen LogP contribution in [0.25, 0.3) is 0 Å². The summed E-state index contributed by atoms with van der Waals surface area (Å²) in [6, 6.07) is 0.232. The fourth-order valence-electron chi connectivity index (χ4n) is 1.65. The quantitative estimate of drug-likeness (QED) is 0.655. The molecule has 3 heteroatoms. The smallest absolute Gasteiger partial charge is 0.227 e. The van der Waals surface area contributed by atoms with Gasteiger partial charge in [-0.05, 0) is 41.0 Å². The highest BCUT2D eigenvalue weighted by Gasteiger charge is 2.40. The van der Waals surface area contributed by atoms with E-state index in [9.17, 15) is 4.79 Å². The molecule has 0 radical (unpaired) electrons. The number of unbranched alkanes of at least 4 members (excludes halogenated alkanes) is 3. The molecule has 1 atom stereocenters. The second-order valence-electron chi connectivity index (χ2n) is 6.57. The van der Waals surface area contributed by atoms with Gasteiger partial charge in [-0.15, -0.1) is 0 Å².